The molecule has 1 aromatic heterocycles. The van der Waals surface area contributed by atoms with Gasteiger partial charge < -0.3 is 19.5 Å². The Hall–Kier alpha value is -4.25. The van der Waals surface area contributed by atoms with Gasteiger partial charge in [0.05, 0.1) is 31.3 Å². The van der Waals surface area contributed by atoms with Crippen LogP contribution in [0.25, 0.3) is 10.9 Å². The lowest BCUT2D eigenvalue weighted by Gasteiger charge is -2.15. The third-order valence-electron chi connectivity index (χ3n) is 5.23. The summed E-state index contributed by atoms with van der Waals surface area (Å²) < 4.78 is 31.8. The number of benzene rings is 3. The van der Waals surface area contributed by atoms with Gasteiger partial charge in [-0.25, -0.2) is 9.37 Å². The molecule has 0 fully saturated rings. The molecule has 3 aromatic carbocycles. The van der Waals surface area contributed by atoms with E-state index in [1.54, 1.807) is 37.3 Å². The lowest BCUT2D eigenvalue weighted by atomic mass is 10.2. The first-order valence-corrected chi connectivity index (χ1v) is 11.8. The molecule has 190 valence electrons. The first kappa shape index (κ1) is 25.8. The van der Waals surface area contributed by atoms with Gasteiger partial charge in [-0.2, -0.15) is 9.78 Å². The number of carbonyl (C=O) groups is 1. The van der Waals surface area contributed by atoms with Crippen LogP contribution in [0.15, 0.2) is 69.0 Å². The zero-order valence-electron chi connectivity index (χ0n) is 20.1. The fourth-order valence-electron chi connectivity index (χ4n) is 3.54. The van der Waals surface area contributed by atoms with Crippen molar-refractivity contribution in [2.45, 2.75) is 6.92 Å². The molecule has 0 bridgehead atoms. The van der Waals surface area contributed by atoms with E-state index in [4.69, 9.17) is 14.2 Å². The van der Waals surface area contributed by atoms with Gasteiger partial charge in [0.2, 0.25) is 5.75 Å². The number of fused-ring (bicyclic) bond motifs is 1. The van der Waals surface area contributed by atoms with Crippen LogP contribution in [0.1, 0.15) is 11.4 Å². The van der Waals surface area contributed by atoms with Crippen LogP contribution in [0, 0.1) is 12.7 Å². The summed E-state index contributed by atoms with van der Waals surface area (Å²) in [6.45, 7) is 1.32. The monoisotopic (exact) mass is 568 g/mol. The third-order valence-corrected chi connectivity index (χ3v) is 5.72. The quantitative estimate of drug-likeness (QED) is 0.313. The first-order chi connectivity index (χ1) is 17.8. The maximum Gasteiger partial charge on any atom is 0.282 e. The lowest BCUT2D eigenvalue weighted by Crippen LogP contribution is -2.21. The second-order valence-corrected chi connectivity index (χ2v) is 8.70. The number of nitrogens with one attached hydrogen (secondary N) is 1. The van der Waals surface area contributed by atoms with Crippen molar-refractivity contribution >= 4 is 44.6 Å². The van der Waals surface area contributed by atoms with E-state index in [1.165, 1.54) is 43.3 Å². The molecule has 1 amide bonds. The highest BCUT2D eigenvalue weighted by Crippen LogP contribution is 2.38. The standard InChI is InChI=1S/C26H22BrFN4O5/c1-15-30-21-8-7-17(27)11-20(21)26(34)32(15)29-13-16-9-22(35-2)25(23(10-16)36-3)37-14-24(33)31-19-6-4-5-18(28)12-19/h4-13H,14H2,1-3H3,(H,31,33). The van der Waals surface area contributed by atoms with Crippen LogP contribution < -0.4 is 25.1 Å². The zero-order valence-corrected chi connectivity index (χ0v) is 21.7. The number of anilines is 1. The van der Waals surface area contributed by atoms with E-state index in [0.717, 1.165) is 4.47 Å². The van der Waals surface area contributed by atoms with Gasteiger partial charge in [0, 0.05) is 15.7 Å². The molecule has 1 N–H and O–H groups in total. The van der Waals surface area contributed by atoms with Crippen LogP contribution >= 0.6 is 15.9 Å². The number of hydrogen-bond acceptors (Lipinski definition) is 7. The molecule has 1 heterocycles. The molecule has 0 radical (unpaired) electrons. The Morgan fingerprint density at radius 1 is 1.14 bits per heavy atom. The van der Waals surface area contributed by atoms with Crippen LogP contribution in [-0.2, 0) is 4.79 Å². The van der Waals surface area contributed by atoms with Crippen molar-refractivity contribution in [1.29, 1.82) is 0 Å². The summed E-state index contributed by atoms with van der Waals surface area (Å²) in [5, 5.41) is 7.30. The predicted octanol–water partition coefficient (Wildman–Crippen LogP) is 4.52. The molecular weight excluding hydrogens is 547 g/mol. The Bertz CT molecular complexity index is 1550. The second kappa shape index (κ2) is 11.2. The summed E-state index contributed by atoms with van der Waals surface area (Å²) in [5.74, 6) is 0.212. The molecule has 0 saturated heterocycles. The zero-order chi connectivity index (χ0) is 26.5. The largest absolute Gasteiger partial charge is 0.493 e. The number of ether oxygens (including phenoxy) is 3. The second-order valence-electron chi connectivity index (χ2n) is 7.78. The molecule has 0 aliphatic heterocycles. The van der Waals surface area contributed by atoms with E-state index in [-0.39, 0.29) is 29.4 Å². The molecule has 11 heteroatoms. The fraction of sp³-hybridized carbons (Fsp3) is 0.154. The number of rotatable bonds is 8. The van der Waals surface area contributed by atoms with Crippen LogP contribution in [0.3, 0.4) is 0 Å². The lowest BCUT2D eigenvalue weighted by molar-refractivity contribution is -0.118. The van der Waals surface area contributed by atoms with Crippen LogP contribution in [-0.4, -0.2) is 42.6 Å². The Morgan fingerprint density at radius 3 is 2.54 bits per heavy atom. The van der Waals surface area contributed by atoms with Gasteiger partial charge in [0.15, 0.2) is 18.1 Å². The average molecular weight is 569 g/mol. The van der Waals surface area contributed by atoms with E-state index in [2.05, 4.69) is 31.3 Å². The van der Waals surface area contributed by atoms with E-state index in [9.17, 15) is 14.0 Å². The van der Waals surface area contributed by atoms with Gasteiger partial charge in [0.1, 0.15) is 11.6 Å². The Morgan fingerprint density at radius 2 is 1.86 bits per heavy atom. The molecule has 0 atom stereocenters. The smallest absolute Gasteiger partial charge is 0.282 e. The SMILES string of the molecule is COc1cc(C=Nn2c(C)nc3ccc(Br)cc3c2=O)cc(OC)c1OCC(=O)Nc1cccc(F)c1. The third kappa shape index (κ3) is 5.95. The van der Waals surface area contributed by atoms with Gasteiger partial charge in [-0.3, -0.25) is 9.59 Å². The van der Waals surface area contributed by atoms with Gasteiger partial charge in [-0.05, 0) is 55.5 Å². The summed E-state index contributed by atoms with van der Waals surface area (Å²) in [6.07, 6.45) is 1.46. The number of amides is 1. The summed E-state index contributed by atoms with van der Waals surface area (Å²) in [6, 6.07) is 14.0. The van der Waals surface area contributed by atoms with E-state index in [1.807, 2.05) is 6.07 Å². The molecule has 0 aliphatic rings. The maximum atomic E-state index is 13.4. The summed E-state index contributed by atoms with van der Waals surface area (Å²) in [7, 11) is 2.88. The molecule has 0 unspecified atom stereocenters. The number of carbonyl (C=O) groups excluding carboxylic acids is 1. The molecule has 4 rings (SSSR count). The minimum Gasteiger partial charge on any atom is -0.493 e. The molecule has 4 aromatic rings. The van der Waals surface area contributed by atoms with Crippen molar-refractivity contribution in [2.75, 3.05) is 26.1 Å². The first-order valence-electron chi connectivity index (χ1n) is 11.0. The van der Waals surface area contributed by atoms with Crippen molar-refractivity contribution in [3.63, 3.8) is 0 Å². The molecule has 0 aliphatic carbocycles. The number of aryl methyl sites for hydroxylation is 1. The van der Waals surface area contributed by atoms with Gasteiger partial charge in [0.25, 0.3) is 11.5 Å². The normalized spacial score (nSPS) is 11.1. The number of halogens is 2. The maximum absolute atomic E-state index is 13.4. The van der Waals surface area contributed by atoms with Crippen LogP contribution in [0.4, 0.5) is 10.1 Å². The van der Waals surface area contributed by atoms with Crippen LogP contribution in [0.5, 0.6) is 17.2 Å². The Kier molecular flexibility index (Phi) is 7.83. The highest BCUT2D eigenvalue weighted by molar-refractivity contribution is 9.10. The van der Waals surface area contributed by atoms with Gasteiger partial charge in [-0.15, -0.1) is 0 Å². The average Bonchev–Trinajstić information content (AvgIpc) is 2.87. The number of hydrogen-bond donors (Lipinski definition) is 1. The number of methoxy groups -OCH3 is 2. The van der Waals surface area contributed by atoms with Gasteiger partial charge in [-0.1, -0.05) is 22.0 Å². The van der Waals surface area contributed by atoms with Crippen molar-refractivity contribution in [2.24, 2.45) is 5.10 Å². The molecule has 9 nitrogen and oxygen atoms in total. The molecular formula is C26H22BrFN4O5. The van der Waals surface area contributed by atoms with E-state index in [0.29, 0.717) is 28.0 Å². The topological polar surface area (TPSA) is 104 Å². The van der Waals surface area contributed by atoms with Crippen molar-refractivity contribution < 1.29 is 23.4 Å². The number of nitrogens with zero attached hydrogens (tertiary/aromatic N) is 3. The summed E-state index contributed by atoms with van der Waals surface area (Å²) in [4.78, 5) is 29.7. The molecule has 0 saturated carbocycles. The predicted molar refractivity (Wildman–Crippen MR) is 142 cm³/mol. The summed E-state index contributed by atoms with van der Waals surface area (Å²) in [5.41, 5.74) is 1.11. The summed E-state index contributed by atoms with van der Waals surface area (Å²) >= 11 is 3.37. The minimum atomic E-state index is -0.495. The highest BCUT2D eigenvalue weighted by atomic mass is 79.9. The van der Waals surface area contributed by atoms with E-state index < -0.39 is 11.7 Å². The highest BCUT2D eigenvalue weighted by Gasteiger charge is 2.16. The Labute approximate surface area is 219 Å². The Balaban J connectivity index is 1.58. The van der Waals surface area contributed by atoms with Crippen molar-refractivity contribution in [3.8, 4) is 17.2 Å². The minimum absolute atomic E-state index is 0.196. The van der Waals surface area contributed by atoms with Crippen LogP contribution in [0.2, 0.25) is 0 Å². The van der Waals surface area contributed by atoms with Crippen molar-refractivity contribution in [1.82, 2.24) is 9.66 Å². The molecule has 37 heavy (non-hydrogen) atoms. The molecule has 0 spiro atoms. The fourth-order valence-corrected chi connectivity index (χ4v) is 3.90. The number of aromatic nitrogens is 2. The van der Waals surface area contributed by atoms with Gasteiger partial charge >= 0.3 is 0 Å². The van der Waals surface area contributed by atoms with E-state index >= 15 is 0 Å². The van der Waals surface area contributed by atoms with Crippen molar-refractivity contribution in [3.05, 3.63) is 86.6 Å².